The molecule has 0 saturated carbocycles. The molecule has 0 aliphatic rings. The summed E-state index contributed by atoms with van der Waals surface area (Å²) < 4.78 is 47.7. The highest BCUT2D eigenvalue weighted by molar-refractivity contribution is 14.0. The zero-order valence-electron chi connectivity index (χ0n) is 16.5. The number of halogens is 4. The van der Waals surface area contributed by atoms with E-state index in [0.717, 1.165) is 5.56 Å². The van der Waals surface area contributed by atoms with Crippen LogP contribution in [-0.4, -0.2) is 31.2 Å². The molecule has 0 saturated heterocycles. The number of furan rings is 1. The SMILES string of the molecule is CCNC(=NCc1ccc(C)cc1OCC(F)(F)F)NCc1ccc(C(N)=O)o1.I. The number of ether oxygens (including phenoxy) is 1. The standard InChI is InChI=1S/C19H23F3N4O3.HI/c1-3-24-18(26-10-14-6-7-15(29-14)17(23)27)25-9-13-5-4-12(2)8-16(13)28-11-19(20,21)22;/h4-8H,3,9-11H2,1-2H3,(H2,23,27)(H2,24,25,26);1H. The van der Waals surface area contributed by atoms with Crippen molar-refractivity contribution in [3.05, 3.63) is 53.0 Å². The van der Waals surface area contributed by atoms with Crippen molar-refractivity contribution in [2.24, 2.45) is 10.7 Å². The van der Waals surface area contributed by atoms with Crippen LogP contribution in [0.1, 0.15) is 34.4 Å². The minimum Gasteiger partial charge on any atom is -0.484 e. The lowest BCUT2D eigenvalue weighted by Crippen LogP contribution is -2.36. The first-order valence-corrected chi connectivity index (χ1v) is 8.87. The smallest absolute Gasteiger partial charge is 0.422 e. The van der Waals surface area contributed by atoms with Crippen LogP contribution in [0.5, 0.6) is 5.75 Å². The molecule has 1 amide bonds. The Labute approximate surface area is 189 Å². The number of benzene rings is 1. The summed E-state index contributed by atoms with van der Waals surface area (Å²) in [6.45, 7) is 3.19. The van der Waals surface area contributed by atoms with Crippen molar-refractivity contribution in [2.45, 2.75) is 33.1 Å². The number of alkyl halides is 3. The highest BCUT2D eigenvalue weighted by Gasteiger charge is 2.28. The number of nitrogens with zero attached hydrogens (tertiary/aromatic N) is 1. The summed E-state index contributed by atoms with van der Waals surface area (Å²) in [5.74, 6) is 0.428. The van der Waals surface area contributed by atoms with Crippen LogP contribution in [0.3, 0.4) is 0 Å². The predicted molar refractivity (Wildman–Crippen MR) is 117 cm³/mol. The van der Waals surface area contributed by atoms with E-state index in [2.05, 4.69) is 15.6 Å². The zero-order chi connectivity index (χ0) is 21.4. The second-order valence-electron chi connectivity index (χ2n) is 6.19. The first-order chi connectivity index (χ1) is 13.7. The van der Waals surface area contributed by atoms with Gasteiger partial charge in [0.2, 0.25) is 0 Å². The van der Waals surface area contributed by atoms with E-state index < -0.39 is 18.7 Å². The minimum atomic E-state index is -4.42. The number of nitrogens with two attached hydrogens (primary N) is 1. The molecular formula is C19H24F3IN4O3. The van der Waals surface area contributed by atoms with Crippen molar-refractivity contribution < 1.29 is 27.1 Å². The summed E-state index contributed by atoms with van der Waals surface area (Å²) in [6, 6.07) is 8.09. The molecule has 1 heterocycles. The molecule has 0 fully saturated rings. The number of rotatable bonds is 8. The lowest BCUT2D eigenvalue weighted by molar-refractivity contribution is -0.153. The fraction of sp³-hybridized carbons (Fsp3) is 0.368. The summed E-state index contributed by atoms with van der Waals surface area (Å²) >= 11 is 0. The van der Waals surface area contributed by atoms with Crippen molar-refractivity contribution in [3.63, 3.8) is 0 Å². The van der Waals surface area contributed by atoms with Gasteiger partial charge in [-0.1, -0.05) is 12.1 Å². The number of aryl methyl sites for hydroxylation is 1. The van der Waals surface area contributed by atoms with Crippen LogP contribution < -0.4 is 21.1 Å². The second-order valence-corrected chi connectivity index (χ2v) is 6.19. The monoisotopic (exact) mass is 540 g/mol. The Kier molecular flexibility index (Phi) is 9.96. The fourth-order valence-electron chi connectivity index (χ4n) is 2.37. The zero-order valence-corrected chi connectivity index (χ0v) is 18.8. The molecule has 7 nitrogen and oxygen atoms in total. The summed E-state index contributed by atoms with van der Waals surface area (Å²) in [7, 11) is 0. The third-order valence-corrected chi connectivity index (χ3v) is 3.70. The second kappa shape index (κ2) is 11.7. The van der Waals surface area contributed by atoms with Crippen LogP contribution in [-0.2, 0) is 13.1 Å². The number of carbonyl (C=O) groups excluding carboxylic acids is 1. The number of hydrogen-bond acceptors (Lipinski definition) is 4. The number of primary amides is 1. The predicted octanol–water partition coefficient (Wildman–Crippen LogP) is 3.50. The van der Waals surface area contributed by atoms with Gasteiger partial charge in [-0.15, -0.1) is 24.0 Å². The Morgan fingerprint density at radius 1 is 1.23 bits per heavy atom. The van der Waals surface area contributed by atoms with Gasteiger partial charge < -0.3 is 25.5 Å². The molecule has 11 heteroatoms. The molecule has 1 aromatic carbocycles. The molecule has 0 atom stereocenters. The Morgan fingerprint density at radius 2 is 1.97 bits per heavy atom. The number of hydrogen-bond donors (Lipinski definition) is 3. The highest BCUT2D eigenvalue weighted by atomic mass is 127. The minimum absolute atomic E-state index is 0. The molecule has 30 heavy (non-hydrogen) atoms. The molecule has 0 aliphatic heterocycles. The van der Waals surface area contributed by atoms with E-state index in [-0.39, 0.29) is 48.6 Å². The number of nitrogens with one attached hydrogen (secondary N) is 2. The Morgan fingerprint density at radius 3 is 2.57 bits per heavy atom. The molecule has 4 N–H and O–H groups in total. The number of amides is 1. The van der Waals surface area contributed by atoms with Crippen molar-refractivity contribution in [1.29, 1.82) is 0 Å². The first-order valence-electron chi connectivity index (χ1n) is 8.87. The number of guanidine groups is 1. The van der Waals surface area contributed by atoms with Crippen LogP contribution in [0.2, 0.25) is 0 Å². The number of carbonyl (C=O) groups is 1. The number of aliphatic imine (C=N–C) groups is 1. The lowest BCUT2D eigenvalue weighted by atomic mass is 10.1. The third-order valence-electron chi connectivity index (χ3n) is 3.70. The lowest BCUT2D eigenvalue weighted by Gasteiger charge is -2.14. The highest BCUT2D eigenvalue weighted by Crippen LogP contribution is 2.24. The van der Waals surface area contributed by atoms with Crippen molar-refractivity contribution in [1.82, 2.24) is 10.6 Å². The molecule has 0 aliphatic carbocycles. The van der Waals surface area contributed by atoms with Gasteiger partial charge >= 0.3 is 6.18 Å². The topological polar surface area (TPSA) is 102 Å². The molecular weight excluding hydrogens is 516 g/mol. The van der Waals surface area contributed by atoms with Gasteiger partial charge in [-0.25, -0.2) is 4.99 Å². The van der Waals surface area contributed by atoms with Crippen molar-refractivity contribution in [3.8, 4) is 5.75 Å². The first kappa shape index (κ1) is 25.6. The van der Waals surface area contributed by atoms with E-state index in [0.29, 0.717) is 23.8 Å². The molecule has 2 rings (SSSR count). The molecule has 0 bridgehead atoms. The largest absolute Gasteiger partial charge is 0.484 e. The maximum absolute atomic E-state index is 12.5. The summed E-state index contributed by atoms with van der Waals surface area (Å²) in [6.07, 6.45) is -4.42. The van der Waals surface area contributed by atoms with E-state index in [1.54, 1.807) is 31.2 Å². The Balaban J connectivity index is 0.00000450. The molecule has 0 radical (unpaired) electrons. The summed E-state index contributed by atoms with van der Waals surface area (Å²) in [5, 5.41) is 6.04. The molecule has 0 unspecified atom stereocenters. The Hall–Kier alpha value is -2.44. The van der Waals surface area contributed by atoms with Gasteiger partial charge in [0.25, 0.3) is 5.91 Å². The van der Waals surface area contributed by atoms with Crippen LogP contribution >= 0.6 is 24.0 Å². The van der Waals surface area contributed by atoms with Crippen molar-refractivity contribution >= 4 is 35.8 Å². The van der Waals surface area contributed by atoms with Gasteiger partial charge in [0.05, 0.1) is 13.1 Å². The van der Waals surface area contributed by atoms with Crippen LogP contribution in [0.4, 0.5) is 13.2 Å². The van der Waals surface area contributed by atoms with Crippen molar-refractivity contribution in [2.75, 3.05) is 13.2 Å². The van der Waals surface area contributed by atoms with Crippen LogP contribution in [0.25, 0.3) is 0 Å². The van der Waals surface area contributed by atoms with E-state index in [1.165, 1.54) is 6.07 Å². The summed E-state index contributed by atoms with van der Waals surface area (Å²) in [4.78, 5) is 15.5. The van der Waals surface area contributed by atoms with Gasteiger partial charge in [-0.05, 0) is 37.6 Å². The fourth-order valence-corrected chi connectivity index (χ4v) is 2.37. The third kappa shape index (κ3) is 8.51. The molecule has 166 valence electrons. The maximum Gasteiger partial charge on any atom is 0.422 e. The van der Waals surface area contributed by atoms with Gasteiger partial charge in [0.1, 0.15) is 11.5 Å². The van der Waals surface area contributed by atoms with Crippen LogP contribution in [0.15, 0.2) is 39.7 Å². The average molecular weight is 540 g/mol. The maximum atomic E-state index is 12.5. The van der Waals surface area contributed by atoms with Crippen LogP contribution in [0, 0.1) is 6.92 Å². The van der Waals surface area contributed by atoms with Gasteiger partial charge in [-0.2, -0.15) is 13.2 Å². The van der Waals surface area contributed by atoms with E-state index >= 15 is 0 Å². The normalized spacial score (nSPS) is 11.6. The van der Waals surface area contributed by atoms with Gasteiger partial charge in [-0.3, -0.25) is 4.79 Å². The quantitative estimate of drug-likeness (QED) is 0.271. The average Bonchev–Trinajstić information content (AvgIpc) is 3.12. The van der Waals surface area contributed by atoms with E-state index in [1.807, 2.05) is 6.92 Å². The summed E-state index contributed by atoms with van der Waals surface area (Å²) in [5.41, 5.74) is 6.45. The molecule has 2 aromatic rings. The Bertz CT molecular complexity index is 869. The molecule has 1 aromatic heterocycles. The van der Waals surface area contributed by atoms with Gasteiger partial charge in [0.15, 0.2) is 18.3 Å². The van der Waals surface area contributed by atoms with Gasteiger partial charge in [0, 0.05) is 12.1 Å². The van der Waals surface area contributed by atoms with E-state index in [4.69, 9.17) is 14.9 Å². The van der Waals surface area contributed by atoms with E-state index in [9.17, 15) is 18.0 Å². The molecule has 0 spiro atoms.